The molecule has 2 rings (SSSR count). The average Bonchev–Trinajstić information content (AvgIpc) is 2.77. The fourth-order valence-corrected chi connectivity index (χ4v) is 1.71. The van der Waals surface area contributed by atoms with E-state index in [4.69, 9.17) is 28.5 Å². The number of halogens is 2. The second kappa shape index (κ2) is 4.52. The van der Waals surface area contributed by atoms with Crippen LogP contribution in [0.25, 0.3) is 5.69 Å². The van der Waals surface area contributed by atoms with Crippen LogP contribution in [0.5, 0.6) is 0 Å². The van der Waals surface area contributed by atoms with Gasteiger partial charge in [0.1, 0.15) is 6.33 Å². The van der Waals surface area contributed by atoms with Crippen LogP contribution >= 0.6 is 23.2 Å². The first-order chi connectivity index (χ1) is 7.76. The van der Waals surface area contributed by atoms with Crippen molar-refractivity contribution in [3.05, 3.63) is 40.9 Å². The second-order valence-electron chi connectivity index (χ2n) is 3.03. The number of nitriles is 1. The number of hydrogen-bond acceptors (Lipinski definition) is 3. The second-order valence-corrected chi connectivity index (χ2v) is 3.70. The molecule has 0 unspecified atom stereocenters. The van der Waals surface area contributed by atoms with E-state index in [1.165, 1.54) is 6.33 Å². The van der Waals surface area contributed by atoms with Gasteiger partial charge in [0, 0.05) is 0 Å². The zero-order valence-corrected chi connectivity index (χ0v) is 9.57. The summed E-state index contributed by atoms with van der Waals surface area (Å²) in [4.78, 5) is 0. The predicted octanol–water partition coefficient (Wildman–Crippen LogP) is 2.53. The number of hydrogen-bond donors (Lipinski definition) is 0. The van der Waals surface area contributed by atoms with Crippen molar-refractivity contribution in [1.82, 2.24) is 14.8 Å². The van der Waals surface area contributed by atoms with E-state index in [0.29, 0.717) is 22.1 Å². The minimum atomic E-state index is 0.229. The van der Waals surface area contributed by atoms with Crippen LogP contribution in [-0.4, -0.2) is 14.8 Å². The Balaban J connectivity index is 2.60. The van der Waals surface area contributed by atoms with Crippen LogP contribution in [-0.2, 0) is 5.88 Å². The Morgan fingerprint density at radius 3 is 2.94 bits per heavy atom. The van der Waals surface area contributed by atoms with Crippen LogP contribution in [0.3, 0.4) is 0 Å². The third-order valence-corrected chi connectivity index (χ3v) is 2.63. The van der Waals surface area contributed by atoms with Crippen LogP contribution in [0.15, 0.2) is 24.5 Å². The number of benzene rings is 1. The van der Waals surface area contributed by atoms with Gasteiger partial charge >= 0.3 is 0 Å². The Morgan fingerprint density at radius 2 is 2.25 bits per heavy atom. The van der Waals surface area contributed by atoms with Crippen molar-refractivity contribution in [3.63, 3.8) is 0 Å². The highest BCUT2D eigenvalue weighted by atomic mass is 35.5. The van der Waals surface area contributed by atoms with E-state index in [1.807, 2.05) is 6.07 Å². The first-order valence-corrected chi connectivity index (χ1v) is 5.32. The van der Waals surface area contributed by atoms with Gasteiger partial charge in [-0.05, 0) is 18.2 Å². The number of rotatable bonds is 2. The average molecular weight is 253 g/mol. The van der Waals surface area contributed by atoms with Gasteiger partial charge in [0.2, 0.25) is 0 Å². The summed E-state index contributed by atoms with van der Waals surface area (Å²) >= 11 is 11.8. The summed E-state index contributed by atoms with van der Waals surface area (Å²) in [5.41, 5.74) is 1.18. The van der Waals surface area contributed by atoms with Crippen molar-refractivity contribution in [3.8, 4) is 11.8 Å². The van der Waals surface area contributed by atoms with Crippen LogP contribution < -0.4 is 0 Å². The molecule has 4 nitrogen and oxygen atoms in total. The molecule has 0 spiro atoms. The smallest absolute Gasteiger partial charge is 0.152 e. The number of nitrogens with zero attached hydrogens (tertiary/aromatic N) is 4. The quantitative estimate of drug-likeness (QED) is 0.772. The molecule has 16 heavy (non-hydrogen) atoms. The van der Waals surface area contributed by atoms with E-state index in [1.54, 1.807) is 22.8 Å². The molecule has 1 aromatic heterocycles. The number of alkyl halides is 1. The summed E-state index contributed by atoms with van der Waals surface area (Å²) in [5.74, 6) is 0.811. The van der Waals surface area contributed by atoms with E-state index >= 15 is 0 Å². The van der Waals surface area contributed by atoms with Gasteiger partial charge in [-0.1, -0.05) is 11.6 Å². The molecular weight excluding hydrogens is 247 g/mol. The molecule has 0 aliphatic heterocycles. The molecule has 0 fully saturated rings. The van der Waals surface area contributed by atoms with Crippen molar-refractivity contribution in [1.29, 1.82) is 5.26 Å². The molecule has 0 amide bonds. The van der Waals surface area contributed by atoms with Gasteiger partial charge < -0.3 is 0 Å². The summed E-state index contributed by atoms with van der Waals surface area (Å²) in [7, 11) is 0. The van der Waals surface area contributed by atoms with E-state index in [0.717, 1.165) is 0 Å². The lowest BCUT2D eigenvalue weighted by molar-refractivity contribution is 0.950. The fraction of sp³-hybridized carbons (Fsp3) is 0.100. The van der Waals surface area contributed by atoms with Crippen LogP contribution in [0, 0.1) is 11.3 Å². The standard InChI is InChI=1S/C10H6Cl2N4/c11-4-10-15-14-6-16(10)9-3-7(5-13)1-2-8(9)12/h1-3,6H,4H2. The summed E-state index contributed by atoms with van der Waals surface area (Å²) in [6.07, 6.45) is 1.51. The SMILES string of the molecule is N#Cc1ccc(Cl)c(-n2cnnc2CCl)c1. The maximum atomic E-state index is 8.82. The van der Waals surface area contributed by atoms with Crippen molar-refractivity contribution in [2.75, 3.05) is 0 Å². The van der Waals surface area contributed by atoms with Crippen molar-refractivity contribution >= 4 is 23.2 Å². The Bertz CT molecular complexity index is 556. The molecule has 0 atom stereocenters. The van der Waals surface area contributed by atoms with E-state index in [-0.39, 0.29) is 5.88 Å². The topological polar surface area (TPSA) is 54.5 Å². The summed E-state index contributed by atoms with van der Waals surface area (Å²) in [6, 6.07) is 7.03. The molecule has 0 radical (unpaired) electrons. The summed E-state index contributed by atoms with van der Waals surface area (Å²) in [6.45, 7) is 0. The minimum Gasteiger partial charge on any atom is -0.283 e. The summed E-state index contributed by atoms with van der Waals surface area (Å²) < 4.78 is 1.66. The Labute approximate surface area is 102 Å². The highest BCUT2D eigenvalue weighted by Gasteiger charge is 2.09. The molecule has 80 valence electrons. The molecule has 0 bridgehead atoms. The highest BCUT2D eigenvalue weighted by Crippen LogP contribution is 2.22. The van der Waals surface area contributed by atoms with Gasteiger partial charge in [-0.15, -0.1) is 21.8 Å². The van der Waals surface area contributed by atoms with Crippen molar-refractivity contribution in [2.24, 2.45) is 0 Å². The first kappa shape index (κ1) is 10.9. The van der Waals surface area contributed by atoms with Crippen molar-refractivity contribution < 1.29 is 0 Å². The highest BCUT2D eigenvalue weighted by molar-refractivity contribution is 6.32. The van der Waals surface area contributed by atoms with Gasteiger partial charge in [-0.2, -0.15) is 5.26 Å². The van der Waals surface area contributed by atoms with Gasteiger partial charge in [0.25, 0.3) is 0 Å². The molecule has 0 aliphatic carbocycles. The van der Waals surface area contributed by atoms with Crippen LogP contribution in [0.4, 0.5) is 0 Å². The molecule has 2 aromatic rings. The zero-order chi connectivity index (χ0) is 11.5. The van der Waals surface area contributed by atoms with E-state index in [9.17, 15) is 0 Å². The molecule has 0 N–H and O–H groups in total. The van der Waals surface area contributed by atoms with Gasteiger partial charge in [0.05, 0.1) is 28.2 Å². The Hall–Kier alpha value is -1.57. The Kier molecular flexibility index (Phi) is 3.09. The summed E-state index contributed by atoms with van der Waals surface area (Å²) in [5, 5.41) is 16.9. The molecule has 1 aromatic carbocycles. The zero-order valence-electron chi connectivity index (χ0n) is 8.06. The first-order valence-electron chi connectivity index (χ1n) is 4.41. The van der Waals surface area contributed by atoms with Gasteiger partial charge in [-0.25, -0.2) is 0 Å². The fourth-order valence-electron chi connectivity index (χ4n) is 1.32. The molecule has 6 heteroatoms. The molecule has 0 aliphatic rings. The lowest BCUT2D eigenvalue weighted by Crippen LogP contribution is -1.99. The lowest BCUT2D eigenvalue weighted by atomic mass is 10.2. The molecular formula is C10H6Cl2N4. The van der Waals surface area contributed by atoms with E-state index < -0.39 is 0 Å². The van der Waals surface area contributed by atoms with E-state index in [2.05, 4.69) is 10.2 Å². The molecule has 0 saturated carbocycles. The van der Waals surface area contributed by atoms with Crippen LogP contribution in [0.1, 0.15) is 11.4 Å². The maximum absolute atomic E-state index is 8.82. The lowest BCUT2D eigenvalue weighted by Gasteiger charge is -2.07. The third kappa shape index (κ3) is 1.87. The largest absolute Gasteiger partial charge is 0.283 e. The minimum absolute atomic E-state index is 0.229. The van der Waals surface area contributed by atoms with Crippen LogP contribution in [0.2, 0.25) is 5.02 Å². The molecule has 1 heterocycles. The molecule has 0 saturated heterocycles. The van der Waals surface area contributed by atoms with Crippen molar-refractivity contribution in [2.45, 2.75) is 5.88 Å². The van der Waals surface area contributed by atoms with Gasteiger partial charge in [-0.3, -0.25) is 4.57 Å². The normalized spacial score (nSPS) is 10.1. The maximum Gasteiger partial charge on any atom is 0.152 e. The van der Waals surface area contributed by atoms with Gasteiger partial charge in [0.15, 0.2) is 5.82 Å². The number of aromatic nitrogens is 3. The monoisotopic (exact) mass is 252 g/mol. The Morgan fingerprint density at radius 1 is 1.44 bits per heavy atom. The predicted molar refractivity (Wildman–Crippen MR) is 60.6 cm³/mol. The third-order valence-electron chi connectivity index (χ3n) is 2.07.